The fourth-order valence-corrected chi connectivity index (χ4v) is 1.84. The van der Waals surface area contributed by atoms with Gasteiger partial charge < -0.3 is 5.32 Å². The van der Waals surface area contributed by atoms with Gasteiger partial charge in [0.1, 0.15) is 0 Å². The molecule has 0 bridgehead atoms. The molecule has 1 heterocycles. The Kier molecular flexibility index (Phi) is 2.45. The molecule has 0 spiro atoms. The highest BCUT2D eigenvalue weighted by atomic mass is 35.5. The third-order valence-electron chi connectivity index (χ3n) is 2.38. The van der Waals surface area contributed by atoms with Gasteiger partial charge in [0.25, 0.3) is 5.92 Å². The molecule has 1 N–H and O–H groups in total. The molecule has 0 fully saturated rings. The molecule has 0 aliphatic carbocycles. The summed E-state index contributed by atoms with van der Waals surface area (Å²) in [4.78, 5) is 0. The predicted molar refractivity (Wildman–Crippen MR) is 51.9 cm³/mol. The Morgan fingerprint density at radius 3 is 2.93 bits per heavy atom. The molecule has 4 heteroatoms. The molecule has 14 heavy (non-hydrogen) atoms. The summed E-state index contributed by atoms with van der Waals surface area (Å²) >= 11 is 5.70. The number of halogens is 3. The fraction of sp³-hybridized carbons (Fsp3) is 0.400. The molecule has 0 radical (unpaired) electrons. The van der Waals surface area contributed by atoms with Crippen molar-refractivity contribution in [3.8, 4) is 0 Å². The Labute approximate surface area is 86.1 Å². The number of hydrogen-bond acceptors (Lipinski definition) is 1. The maximum absolute atomic E-state index is 13.5. The van der Waals surface area contributed by atoms with Gasteiger partial charge in [0.15, 0.2) is 0 Å². The average Bonchev–Trinajstić information content (AvgIpc) is 2.26. The highest BCUT2D eigenvalue weighted by Crippen LogP contribution is 2.33. The van der Waals surface area contributed by atoms with Crippen LogP contribution in [0.5, 0.6) is 0 Å². The molecule has 0 unspecified atom stereocenters. The molecule has 1 aliphatic heterocycles. The number of hydrogen-bond donors (Lipinski definition) is 1. The first-order chi connectivity index (χ1) is 6.59. The van der Waals surface area contributed by atoms with Gasteiger partial charge in [-0.1, -0.05) is 17.7 Å². The first-order valence-corrected chi connectivity index (χ1v) is 4.85. The van der Waals surface area contributed by atoms with Gasteiger partial charge in [-0.3, -0.25) is 0 Å². The van der Waals surface area contributed by atoms with Gasteiger partial charge in [-0.05, 0) is 30.7 Å². The summed E-state index contributed by atoms with van der Waals surface area (Å²) in [6, 6.07) is 4.70. The van der Waals surface area contributed by atoms with Crippen molar-refractivity contribution in [2.24, 2.45) is 0 Å². The van der Waals surface area contributed by atoms with Crippen LogP contribution in [0.1, 0.15) is 11.1 Å². The van der Waals surface area contributed by atoms with E-state index in [4.69, 9.17) is 11.6 Å². The van der Waals surface area contributed by atoms with Crippen LogP contribution in [-0.2, 0) is 12.3 Å². The van der Waals surface area contributed by atoms with Gasteiger partial charge in [0.05, 0.1) is 6.54 Å². The van der Waals surface area contributed by atoms with E-state index in [-0.39, 0.29) is 12.1 Å². The largest absolute Gasteiger partial charge is 0.311 e. The first kappa shape index (κ1) is 9.87. The summed E-state index contributed by atoms with van der Waals surface area (Å²) in [5.74, 6) is -2.81. The van der Waals surface area contributed by atoms with Crippen LogP contribution in [0.3, 0.4) is 0 Å². The van der Waals surface area contributed by atoms with Crippen LogP contribution in [0.25, 0.3) is 0 Å². The second-order valence-corrected chi connectivity index (χ2v) is 3.87. The summed E-state index contributed by atoms with van der Waals surface area (Å²) in [6.45, 7) is 0.282. The standard InChI is InChI=1S/C10H10ClF2N/c11-8-2-1-7-3-4-14-6-10(12,13)9(7)5-8/h1-2,5,14H,3-4,6H2. The molecule has 0 saturated heterocycles. The molecule has 1 nitrogen and oxygen atoms in total. The molecule has 76 valence electrons. The monoisotopic (exact) mass is 217 g/mol. The van der Waals surface area contributed by atoms with Crippen LogP contribution in [0.4, 0.5) is 8.78 Å². The lowest BCUT2D eigenvalue weighted by Crippen LogP contribution is -2.28. The van der Waals surface area contributed by atoms with E-state index < -0.39 is 5.92 Å². The van der Waals surface area contributed by atoms with Crippen molar-refractivity contribution < 1.29 is 8.78 Å². The smallest absolute Gasteiger partial charge is 0.285 e. The van der Waals surface area contributed by atoms with Crippen LogP contribution in [0.2, 0.25) is 5.02 Å². The Morgan fingerprint density at radius 1 is 1.36 bits per heavy atom. The quantitative estimate of drug-likeness (QED) is 0.705. The number of rotatable bonds is 0. The minimum absolute atomic E-state index is 0.0648. The molecular formula is C10H10ClF2N. The van der Waals surface area contributed by atoms with Crippen molar-refractivity contribution in [3.63, 3.8) is 0 Å². The van der Waals surface area contributed by atoms with Crippen molar-refractivity contribution in [2.45, 2.75) is 12.3 Å². The second-order valence-electron chi connectivity index (χ2n) is 3.43. The Hall–Kier alpha value is -0.670. The van der Waals surface area contributed by atoms with Crippen molar-refractivity contribution in [1.82, 2.24) is 5.32 Å². The highest BCUT2D eigenvalue weighted by molar-refractivity contribution is 6.30. The minimum atomic E-state index is -2.81. The highest BCUT2D eigenvalue weighted by Gasteiger charge is 2.35. The zero-order chi connectivity index (χ0) is 10.2. The van der Waals surface area contributed by atoms with Crippen LogP contribution in [0.15, 0.2) is 18.2 Å². The van der Waals surface area contributed by atoms with E-state index in [2.05, 4.69) is 5.32 Å². The van der Waals surface area contributed by atoms with Crippen LogP contribution in [-0.4, -0.2) is 13.1 Å². The Bertz CT molecular complexity index is 352. The van der Waals surface area contributed by atoms with Crippen LogP contribution < -0.4 is 5.32 Å². The van der Waals surface area contributed by atoms with E-state index in [1.165, 1.54) is 6.07 Å². The van der Waals surface area contributed by atoms with E-state index in [9.17, 15) is 8.78 Å². The molecule has 0 saturated carbocycles. The van der Waals surface area contributed by atoms with E-state index in [0.29, 0.717) is 23.6 Å². The van der Waals surface area contributed by atoms with Gasteiger partial charge >= 0.3 is 0 Å². The van der Waals surface area contributed by atoms with Gasteiger partial charge in [-0.25, -0.2) is 0 Å². The van der Waals surface area contributed by atoms with Gasteiger partial charge in [0, 0.05) is 10.6 Å². The third-order valence-corrected chi connectivity index (χ3v) is 2.62. The molecule has 0 atom stereocenters. The number of alkyl halides is 2. The molecule has 0 amide bonds. The second kappa shape index (κ2) is 3.48. The maximum Gasteiger partial charge on any atom is 0.285 e. The lowest BCUT2D eigenvalue weighted by Gasteiger charge is -2.16. The summed E-state index contributed by atoms with van der Waals surface area (Å²) < 4.78 is 27.0. The zero-order valence-electron chi connectivity index (χ0n) is 7.49. The Balaban J connectivity index is 2.52. The Morgan fingerprint density at radius 2 is 2.14 bits per heavy atom. The molecule has 0 aromatic heterocycles. The number of fused-ring (bicyclic) bond motifs is 1. The summed E-state index contributed by atoms with van der Waals surface area (Å²) in [6.07, 6.45) is 0.627. The lowest BCUT2D eigenvalue weighted by atomic mass is 10.0. The molecule has 1 aromatic carbocycles. The van der Waals surface area contributed by atoms with Gasteiger partial charge in [-0.15, -0.1) is 0 Å². The number of nitrogens with one attached hydrogen (secondary N) is 1. The van der Waals surface area contributed by atoms with Crippen molar-refractivity contribution in [3.05, 3.63) is 34.3 Å². The van der Waals surface area contributed by atoms with E-state index in [1.54, 1.807) is 12.1 Å². The van der Waals surface area contributed by atoms with Crippen molar-refractivity contribution >= 4 is 11.6 Å². The molecule has 2 rings (SSSR count). The van der Waals surface area contributed by atoms with E-state index >= 15 is 0 Å². The predicted octanol–water partition coefficient (Wildman–Crippen LogP) is 2.58. The summed E-state index contributed by atoms with van der Waals surface area (Å²) in [5.41, 5.74) is 0.749. The average molecular weight is 218 g/mol. The van der Waals surface area contributed by atoms with Crippen molar-refractivity contribution in [2.75, 3.05) is 13.1 Å². The molecule has 1 aromatic rings. The summed E-state index contributed by atoms with van der Waals surface area (Å²) in [7, 11) is 0. The van der Waals surface area contributed by atoms with Crippen molar-refractivity contribution in [1.29, 1.82) is 0 Å². The SMILES string of the molecule is FC1(F)CNCCc2ccc(Cl)cc21. The normalized spacial score (nSPS) is 19.9. The summed E-state index contributed by atoms with van der Waals surface area (Å²) in [5, 5.41) is 3.08. The van der Waals surface area contributed by atoms with Gasteiger partial charge in [0.2, 0.25) is 0 Å². The van der Waals surface area contributed by atoms with Crippen LogP contribution >= 0.6 is 11.6 Å². The molecule has 1 aliphatic rings. The maximum atomic E-state index is 13.5. The topological polar surface area (TPSA) is 12.0 Å². The zero-order valence-corrected chi connectivity index (χ0v) is 8.24. The fourth-order valence-electron chi connectivity index (χ4n) is 1.67. The minimum Gasteiger partial charge on any atom is -0.311 e. The van der Waals surface area contributed by atoms with Crippen LogP contribution in [0, 0.1) is 0 Å². The first-order valence-electron chi connectivity index (χ1n) is 4.47. The lowest BCUT2D eigenvalue weighted by molar-refractivity contribution is -0.000907. The third kappa shape index (κ3) is 1.74. The van der Waals surface area contributed by atoms with Gasteiger partial charge in [-0.2, -0.15) is 8.78 Å². The number of benzene rings is 1. The van der Waals surface area contributed by atoms with E-state index in [1.807, 2.05) is 0 Å². The molecular weight excluding hydrogens is 208 g/mol. The van der Waals surface area contributed by atoms with E-state index in [0.717, 1.165) is 0 Å².